The minimum atomic E-state index is -3.80. The van der Waals surface area contributed by atoms with Gasteiger partial charge in [-0.2, -0.15) is 4.31 Å². The molecule has 1 saturated heterocycles. The van der Waals surface area contributed by atoms with Gasteiger partial charge in [0.25, 0.3) is 5.91 Å². The number of likely N-dealkylation sites (N-methyl/N-ethyl adjacent to an activating group) is 2. The lowest BCUT2D eigenvalue weighted by Gasteiger charge is -2.30. The zero-order valence-corrected chi connectivity index (χ0v) is 19.1. The third kappa shape index (κ3) is 5.49. The molecule has 1 unspecified atom stereocenters. The maximum absolute atomic E-state index is 13.1. The van der Waals surface area contributed by atoms with E-state index in [0.29, 0.717) is 26.2 Å². The van der Waals surface area contributed by atoms with E-state index in [4.69, 9.17) is 11.6 Å². The Bertz CT molecular complexity index is 855. The van der Waals surface area contributed by atoms with Crippen molar-refractivity contribution in [2.24, 2.45) is 5.92 Å². The van der Waals surface area contributed by atoms with Crippen molar-refractivity contribution in [3.05, 3.63) is 28.8 Å². The van der Waals surface area contributed by atoms with E-state index in [1.54, 1.807) is 4.90 Å². The van der Waals surface area contributed by atoms with E-state index in [1.807, 2.05) is 20.8 Å². The SMILES string of the molecule is CCN(CC)C(=O)CN(C)C(=O)c1ccc(Cl)c(S(=O)(=O)N2CCCC(C)C2)c1. The molecule has 1 fully saturated rings. The second-order valence-corrected chi connectivity index (χ2v) is 9.80. The molecule has 9 heteroatoms. The first-order valence-electron chi connectivity index (χ1n) is 9.94. The molecule has 0 spiro atoms. The van der Waals surface area contributed by atoms with Gasteiger partial charge in [0.05, 0.1) is 11.6 Å². The molecule has 0 aliphatic carbocycles. The molecule has 1 aliphatic rings. The number of hydrogen-bond donors (Lipinski definition) is 0. The zero-order chi connectivity index (χ0) is 21.8. The lowest BCUT2D eigenvalue weighted by molar-refractivity contribution is -0.131. The van der Waals surface area contributed by atoms with Gasteiger partial charge in [-0.3, -0.25) is 9.59 Å². The van der Waals surface area contributed by atoms with Crippen molar-refractivity contribution in [2.45, 2.75) is 38.5 Å². The lowest BCUT2D eigenvalue weighted by Crippen LogP contribution is -2.41. The number of rotatable bonds is 7. The van der Waals surface area contributed by atoms with Gasteiger partial charge < -0.3 is 9.80 Å². The highest BCUT2D eigenvalue weighted by Crippen LogP contribution is 2.29. The first-order chi connectivity index (χ1) is 13.6. The highest BCUT2D eigenvalue weighted by atomic mass is 35.5. The van der Waals surface area contributed by atoms with Crippen molar-refractivity contribution in [3.63, 3.8) is 0 Å². The van der Waals surface area contributed by atoms with Crippen molar-refractivity contribution in [1.29, 1.82) is 0 Å². The largest absolute Gasteiger partial charge is 0.342 e. The fraction of sp³-hybridized carbons (Fsp3) is 0.600. The highest BCUT2D eigenvalue weighted by Gasteiger charge is 2.31. The van der Waals surface area contributed by atoms with E-state index in [1.165, 1.54) is 34.5 Å². The molecule has 1 aromatic carbocycles. The molecule has 0 radical (unpaired) electrons. The topological polar surface area (TPSA) is 78.0 Å². The lowest BCUT2D eigenvalue weighted by atomic mass is 10.0. The first kappa shape index (κ1) is 23.6. The van der Waals surface area contributed by atoms with Crippen LogP contribution in [0.25, 0.3) is 0 Å². The Hall–Kier alpha value is -1.64. The summed E-state index contributed by atoms with van der Waals surface area (Å²) in [6.07, 6.45) is 1.79. The van der Waals surface area contributed by atoms with Crippen LogP contribution in [0.1, 0.15) is 44.0 Å². The van der Waals surface area contributed by atoms with E-state index >= 15 is 0 Å². The van der Waals surface area contributed by atoms with Crippen molar-refractivity contribution < 1.29 is 18.0 Å². The van der Waals surface area contributed by atoms with E-state index in [2.05, 4.69) is 0 Å². The monoisotopic (exact) mass is 443 g/mol. The molecule has 162 valence electrons. The summed E-state index contributed by atoms with van der Waals surface area (Å²) < 4.78 is 27.6. The average Bonchev–Trinajstić information content (AvgIpc) is 2.68. The molecule has 0 bridgehead atoms. The second kappa shape index (κ2) is 9.91. The second-order valence-electron chi connectivity index (χ2n) is 7.48. The summed E-state index contributed by atoms with van der Waals surface area (Å²) in [6, 6.07) is 4.23. The van der Waals surface area contributed by atoms with Gasteiger partial charge in [0.1, 0.15) is 4.90 Å². The molecule has 0 aromatic heterocycles. The quantitative estimate of drug-likeness (QED) is 0.649. The third-order valence-electron chi connectivity index (χ3n) is 5.25. The summed E-state index contributed by atoms with van der Waals surface area (Å²) in [6.45, 7) is 7.71. The van der Waals surface area contributed by atoms with Gasteiger partial charge in [-0.05, 0) is 50.8 Å². The van der Waals surface area contributed by atoms with Crippen LogP contribution in [0.3, 0.4) is 0 Å². The molecule has 1 aromatic rings. The van der Waals surface area contributed by atoms with Crippen molar-refractivity contribution in [3.8, 4) is 0 Å². The predicted octanol–water partition coefficient (Wildman–Crippen LogP) is 2.70. The average molecular weight is 444 g/mol. The van der Waals surface area contributed by atoms with Crippen LogP contribution in [0.5, 0.6) is 0 Å². The number of carbonyl (C=O) groups excluding carboxylic acids is 2. The fourth-order valence-corrected chi connectivity index (χ4v) is 5.61. The van der Waals surface area contributed by atoms with Gasteiger partial charge in [0.2, 0.25) is 15.9 Å². The molecule has 2 rings (SSSR count). The number of nitrogens with zero attached hydrogens (tertiary/aromatic N) is 3. The minimum Gasteiger partial charge on any atom is -0.342 e. The molecule has 0 saturated carbocycles. The van der Waals surface area contributed by atoms with Gasteiger partial charge in [0.15, 0.2) is 0 Å². The molecular formula is C20H30ClN3O4S. The summed E-state index contributed by atoms with van der Waals surface area (Å²) in [7, 11) is -2.27. The maximum atomic E-state index is 13.1. The minimum absolute atomic E-state index is 0.0670. The Morgan fingerprint density at radius 2 is 1.90 bits per heavy atom. The summed E-state index contributed by atoms with van der Waals surface area (Å²) in [5.41, 5.74) is 0.188. The van der Waals surface area contributed by atoms with Crippen LogP contribution in [0.2, 0.25) is 5.02 Å². The summed E-state index contributed by atoms with van der Waals surface area (Å²) in [5.74, 6) is -0.306. The summed E-state index contributed by atoms with van der Waals surface area (Å²) in [4.78, 5) is 27.9. The normalized spacial score (nSPS) is 17.8. The number of sulfonamides is 1. The summed E-state index contributed by atoms with van der Waals surface area (Å²) in [5, 5.41) is 0.0849. The smallest absolute Gasteiger partial charge is 0.254 e. The number of benzene rings is 1. The number of amides is 2. The third-order valence-corrected chi connectivity index (χ3v) is 7.60. The Morgan fingerprint density at radius 3 is 2.48 bits per heavy atom. The Balaban J connectivity index is 2.25. The number of piperidine rings is 1. The van der Waals surface area contributed by atoms with Crippen molar-refractivity contribution >= 4 is 33.4 Å². The molecule has 1 atom stereocenters. The van der Waals surface area contributed by atoms with Crippen molar-refractivity contribution in [1.82, 2.24) is 14.1 Å². The van der Waals surface area contributed by atoms with E-state index in [0.717, 1.165) is 12.8 Å². The van der Waals surface area contributed by atoms with Crippen molar-refractivity contribution in [2.75, 3.05) is 39.8 Å². The van der Waals surface area contributed by atoms with Crippen LogP contribution in [0.4, 0.5) is 0 Å². The molecular weight excluding hydrogens is 414 g/mol. The van der Waals surface area contributed by atoms with Gasteiger partial charge in [-0.15, -0.1) is 0 Å². The van der Waals surface area contributed by atoms with Gasteiger partial charge in [-0.1, -0.05) is 18.5 Å². The maximum Gasteiger partial charge on any atom is 0.254 e. The fourth-order valence-electron chi connectivity index (χ4n) is 3.51. The van der Waals surface area contributed by atoms with Crippen LogP contribution in [-0.4, -0.2) is 74.1 Å². The highest BCUT2D eigenvalue weighted by molar-refractivity contribution is 7.89. The van der Waals surface area contributed by atoms with Crippen LogP contribution >= 0.6 is 11.6 Å². The molecule has 1 heterocycles. The molecule has 2 amide bonds. The van der Waals surface area contributed by atoms with Gasteiger partial charge >= 0.3 is 0 Å². The zero-order valence-electron chi connectivity index (χ0n) is 17.5. The number of carbonyl (C=O) groups is 2. The first-order valence-corrected chi connectivity index (χ1v) is 11.8. The standard InChI is InChI=1S/C20H30ClN3O4S/c1-5-23(6-2)19(25)14-22(4)20(26)16-9-10-17(21)18(12-16)29(27,28)24-11-7-8-15(3)13-24/h9-10,12,15H,5-8,11,13-14H2,1-4H3. The van der Waals surface area contributed by atoms with Gasteiger partial charge in [-0.25, -0.2) is 8.42 Å². The molecule has 29 heavy (non-hydrogen) atoms. The van der Waals surface area contributed by atoms with E-state index in [-0.39, 0.29) is 33.9 Å². The van der Waals surface area contributed by atoms with Crippen LogP contribution in [0, 0.1) is 5.92 Å². The van der Waals surface area contributed by atoms with E-state index < -0.39 is 15.9 Å². The Labute approximate surface area is 178 Å². The molecule has 0 N–H and O–H groups in total. The predicted molar refractivity (Wildman–Crippen MR) is 113 cm³/mol. The van der Waals surface area contributed by atoms with Crippen LogP contribution in [0.15, 0.2) is 23.1 Å². The number of halogens is 1. The molecule has 1 aliphatic heterocycles. The van der Waals surface area contributed by atoms with E-state index in [9.17, 15) is 18.0 Å². The van der Waals surface area contributed by atoms with Crippen LogP contribution in [-0.2, 0) is 14.8 Å². The number of hydrogen-bond acceptors (Lipinski definition) is 4. The Morgan fingerprint density at radius 1 is 1.24 bits per heavy atom. The van der Waals surface area contributed by atoms with Crippen LogP contribution < -0.4 is 0 Å². The summed E-state index contributed by atoms with van der Waals surface area (Å²) >= 11 is 6.19. The van der Waals surface area contributed by atoms with Gasteiger partial charge in [0, 0.05) is 38.8 Å². The molecule has 7 nitrogen and oxygen atoms in total. The Kier molecular flexibility index (Phi) is 8.08.